The minimum absolute atomic E-state index is 0.00760. The van der Waals surface area contributed by atoms with E-state index in [1.54, 1.807) is 18.2 Å². The highest BCUT2D eigenvalue weighted by molar-refractivity contribution is 5.97. The standard InChI is InChI=1S/C31H28N2O5/c1-4-13-35-21-8-6-7-20(15-21)28-23-11-10-22(16-27(23)38-30(33)25(28)17-32)36-31(34)29-18(3)24-14-19(5-2)9-12-26(24)37-29/h6-12,14-16,28H,4-5,13,33H2,1-3H3. The maximum Gasteiger partial charge on any atom is 0.379 e. The number of ether oxygens (including phenoxy) is 3. The summed E-state index contributed by atoms with van der Waals surface area (Å²) in [5, 5.41) is 10.8. The van der Waals surface area contributed by atoms with Crippen LogP contribution in [0.5, 0.6) is 17.2 Å². The molecule has 0 fully saturated rings. The molecule has 38 heavy (non-hydrogen) atoms. The Hall–Kier alpha value is -4.70. The number of nitriles is 1. The minimum Gasteiger partial charge on any atom is -0.494 e. The normalized spacial score (nSPS) is 14.5. The molecule has 1 unspecified atom stereocenters. The fraction of sp³-hybridized carbons (Fsp3) is 0.226. The van der Waals surface area contributed by atoms with E-state index in [1.807, 2.05) is 56.3 Å². The second-order valence-corrected chi connectivity index (χ2v) is 9.18. The molecule has 1 aromatic heterocycles. The summed E-state index contributed by atoms with van der Waals surface area (Å²) in [6.07, 6.45) is 1.77. The first-order chi connectivity index (χ1) is 18.4. The molecule has 0 saturated carbocycles. The van der Waals surface area contributed by atoms with Crippen LogP contribution in [-0.2, 0) is 6.42 Å². The van der Waals surface area contributed by atoms with Gasteiger partial charge in [0.05, 0.1) is 12.5 Å². The zero-order valence-corrected chi connectivity index (χ0v) is 21.5. The average Bonchev–Trinajstić information content (AvgIpc) is 3.26. The highest BCUT2D eigenvalue weighted by Gasteiger charge is 2.31. The smallest absolute Gasteiger partial charge is 0.379 e. The summed E-state index contributed by atoms with van der Waals surface area (Å²) in [6.45, 7) is 6.55. The van der Waals surface area contributed by atoms with Gasteiger partial charge in [-0.25, -0.2) is 4.79 Å². The molecule has 0 aliphatic carbocycles. The monoisotopic (exact) mass is 508 g/mol. The number of allylic oxidation sites excluding steroid dienone is 1. The third-order valence-corrected chi connectivity index (χ3v) is 6.66. The molecule has 2 heterocycles. The molecule has 7 nitrogen and oxygen atoms in total. The van der Waals surface area contributed by atoms with Gasteiger partial charge in [0.1, 0.15) is 34.5 Å². The quantitative estimate of drug-likeness (QED) is 0.223. The Bertz CT molecular complexity index is 1610. The fourth-order valence-corrected chi connectivity index (χ4v) is 4.68. The number of nitrogens with zero attached hydrogens (tertiary/aromatic N) is 1. The van der Waals surface area contributed by atoms with Crippen LogP contribution in [-0.4, -0.2) is 12.6 Å². The number of aryl methyl sites for hydroxylation is 2. The van der Waals surface area contributed by atoms with Crippen LogP contribution in [0.25, 0.3) is 11.0 Å². The third kappa shape index (κ3) is 4.57. The predicted molar refractivity (Wildman–Crippen MR) is 143 cm³/mol. The topological polar surface area (TPSA) is 108 Å². The lowest BCUT2D eigenvalue weighted by molar-refractivity contribution is 0.0702. The van der Waals surface area contributed by atoms with E-state index in [4.69, 9.17) is 24.4 Å². The van der Waals surface area contributed by atoms with Crippen LogP contribution in [0.1, 0.15) is 59.0 Å². The summed E-state index contributed by atoms with van der Waals surface area (Å²) >= 11 is 0. The predicted octanol–water partition coefficient (Wildman–Crippen LogP) is 6.53. The molecular formula is C31H28N2O5. The Balaban J connectivity index is 1.46. The Morgan fingerprint density at radius 1 is 1.08 bits per heavy atom. The summed E-state index contributed by atoms with van der Waals surface area (Å²) in [5.41, 5.74) is 10.6. The number of benzene rings is 3. The molecule has 0 bridgehead atoms. The molecule has 0 spiro atoms. The van der Waals surface area contributed by atoms with Crippen molar-refractivity contribution in [3.8, 4) is 23.3 Å². The van der Waals surface area contributed by atoms with E-state index >= 15 is 0 Å². The largest absolute Gasteiger partial charge is 0.494 e. The van der Waals surface area contributed by atoms with Gasteiger partial charge in [-0.05, 0) is 61.2 Å². The summed E-state index contributed by atoms with van der Waals surface area (Å²) in [6, 6.07) is 20.7. The van der Waals surface area contributed by atoms with Crippen LogP contribution in [0.2, 0.25) is 0 Å². The Morgan fingerprint density at radius 2 is 1.92 bits per heavy atom. The Morgan fingerprint density at radius 3 is 2.68 bits per heavy atom. The molecule has 5 rings (SSSR count). The van der Waals surface area contributed by atoms with Gasteiger partial charge < -0.3 is 24.4 Å². The van der Waals surface area contributed by atoms with Crippen LogP contribution in [0, 0.1) is 18.3 Å². The number of rotatable bonds is 7. The summed E-state index contributed by atoms with van der Waals surface area (Å²) in [7, 11) is 0. The summed E-state index contributed by atoms with van der Waals surface area (Å²) < 4.78 is 23.1. The van der Waals surface area contributed by atoms with Gasteiger partial charge in [-0.3, -0.25) is 0 Å². The lowest BCUT2D eigenvalue weighted by atomic mass is 9.83. The van der Waals surface area contributed by atoms with Gasteiger partial charge >= 0.3 is 5.97 Å². The second-order valence-electron chi connectivity index (χ2n) is 9.18. The number of nitrogens with two attached hydrogens (primary N) is 1. The lowest BCUT2D eigenvalue weighted by Crippen LogP contribution is -2.21. The van der Waals surface area contributed by atoms with Crippen molar-refractivity contribution in [2.45, 2.75) is 39.5 Å². The average molecular weight is 509 g/mol. The third-order valence-electron chi connectivity index (χ3n) is 6.66. The molecule has 4 aromatic rings. The number of fused-ring (bicyclic) bond motifs is 2. The van der Waals surface area contributed by atoms with Gasteiger partial charge in [-0.15, -0.1) is 0 Å². The van der Waals surface area contributed by atoms with E-state index in [-0.39, 0.29) is 17.4 Å². The van der Waals surface area contributed by atoms with Crippen molar-refractivity contribution in [1.29, 1.82) is 5.26 Å². The zero-order valence-electron chi connectivity index (χ0n) is 21.5. The van der Waals surface area contributed by atoms with Crippen molar-refractivity contribution < 1.29 is 23.4 Å². The first kappa shape index (κ1) is 25.0. The summed E-state index contributed by atoms with van der Waals surface area (Å²) in [5.74, 6) is 0.495. The summed E-state index contributed by atoms with van der Waals surface area (Å²) in [4.78, 5) is 13.1. The second kappa shape index (κ2) is 10.3. The van der Waals surface area contributed by atoms with Crippen LogP contribution in [0.15, 0.2) is 76.5 Å². The molecule has 0 amide bonds. The van der Waals surface area contributed by atoms with E-state index in [0.29, 0.717) is 29.3 Å². The van der Waals surface area contributed by atoms with E-state index in [1.165, 1.54) is 0 Å². The van der Waals surface area contributed by atoms with Crippen molar-refractivity contribution in [3.05, 3.63) is 100 Å². The Labute approximate surface area is 221 Å². The zero-order chi connectivity index (χ0) is 26.8. The van der Waals surface area contributed by atoms with Gasteiger partial charge in [0.15, 0.2) is 0 Å². The maximum atomic E-state index is 13.1. The Kier molecular flexibility index (Phi) is 6.80. The van der Waals surface area contributed by atoms with E-state index in [2.05, 4.69) is 13.0 Å². The number of hydrogen-bond donors (Lipinski definition) is 1. The molecule has 1 aliphatic rings. The highest BCUT2D eigenvalue weighted by atomic mass is 16.5. The van der Waals surface area contributed by atoms with Gasteiger partial charge in [0.2, 0.25) is 11.6 Å². The van der Waals surface area contributed by atoms with Crippen molar-refractivity contribution in [3.63, 3.8) is 0 Å². The highest BCUT2D eigenvalue weighted by Crippen LogP contribution is 2.44. The molecular weight excluding hydrogens is 480 g/mol. The van der Waals surface area contributed by atoms with Crippen molar-refractivity contribution in [1.82, 2.24) is 0 Å². The van der Waals surface area contributed by atoms with Gasteiger partial charge in [0.25, 0.3) is 0 Å². The number of carbonyl (C=O) groups excluding carboxylic acids is 1. The number of esters is 1. The van der Waals surface area contributed by atoms with E-state index < -0.39 is 11.9 Å². The molecule has 0 saturated heterocycles. The first-order valence-electron chi connectivity index (χ1n) is 12.6. The SMILES string of the molecule is CCCOc1cccc(C2C(C#N)=C(N)Oc3cc(OC(=O)c4oc5ccc(CC)cc5c4C)ccc32)c1. The maximum absolute atomic E-state index is 13.1. The van der Waals surface area contributed by atoms with Crippen LogP contribution < -0.4 is 19.9 Å². The molecule has 1 aliphatic heterocycles. The first-order valence-corrected chi connectivity index (χ1v) is 12.6. The van der Waals surface area contributed by atoms with Gasteiger partial charge in [-0.1, -0.05) is 38.1 Å². The van der Waals surface area contributed by atoms with Crippen molar-refractivity contribution in [2.24, 2.45) is 5.73 Å². The molecule has 2 N–H and O–H groups in total. The van der Waals surface area contributed by atoms with Crippen LogP contribution >= 0.6 is 0 Å². The fourth-order valence-electron chi connectivity index (χ4n) is 4.68. The van der Waals surface area contributed by atoms with Crippen LogP contribution in [0.3, 0.4) is 0 Å². The molecule has 192 valence electrons. The van der Waals surface area contributed by atoms with Crippen molar-refractivity contribution >= 4 is 16.9 Å². The minimum atomic E-state index is -0.606. The van der Waals surface area contributed by atoms with E-state index in [0.717, 1.165) is 40.5 Å². The van der Waals surface area contributed by atoms with Crippen LogP contribution in [0.4, 0.5) is 0 Å². The molecule has 7 heteroatoms. The van der Waals surface area contributed by atoms with E-state index in [9.17, 15) is 10.1 Å². The van der Waals surface area contributed by atoms with Gasteiger partial charge in [-0.2, -0.15) is 5.26 Å². The molecule has 3 aromatic carbocycles. The molecule has 1 atom stereocenters. The van der Waals surface area contributed by atoms with Gasteiger partial charge in [0, 0.05) is 22.6 Å². The van der Waals surface area contributed by atoms with Crippen molar-refractivity contribution in [2.75, 3.05) is 6.61 Å². The number of furan rings is 1. The lowest BCUT2D eigenvalue weighted by Gasteiger charge is -2.27. The number of hydrogen-bond acceptors (Lipinski definition) is 7. The number of carbonyl (C=O) groups is 1. The molecule has 0 radical (unpaired) electrons.